The predicted molar refractivity (Wildman–Crippen MR) is 93.9 cm³/mol. The number of benzene rings is 1. The third-order valence-electron chi connectivity index (χ3n) is 3.20. The van der Waals surface area contributed by atoms with Gasteiger partial charge in [0.2, 0.25) is 0 Å². The quantitative estimate of drug-likeness (QED) is 0.498. The number of amides is 2. The van der Waals surface area contributed by atoms with Gasteiger partial charge >= 0.3 is 0 Å². The molecule has 0 spiro atoms. The van der Waals surface area contributed by atoms with Gasteiger partial charge in [-0.1, -0.05) is 19.6 Å². The lowest BCUT2D eigenvalue weighted by Crippen LogP contribution is -2.30. The molecule has 0 radical (unpaired) electrons. The van der Waals surface area contributed by atoms with E-state index < -0.39 is 5.24 Å². The molecule has 22 heavy (non-hydrogen) atoms. The number of hydrogen-bond donors (Lipinski definition) is 4. The average molecular weight is 338 g/mol. The van der Waals surface area contributed by atoms with Crippen LogP contribution in [0.25, 0.3) is 11.0 Å². The van der Waals surface area contributed by atoms with Crippen molar-refractivity contribution in [3.8, 4) is 0 Å². The van der Waals surface area contributed by atoms with E-state index in [1.165, 1.54) is 11.8 Å². The number of aromatic amines is 1. The first kappa shape index (κ1) is 16.7. The van der Waals surface area contributed by atoms with Crippen LogP contribution < -0.4 is 10.6 Å². The number of anilines is 1. The molecule has 0 saturated carbocycles. The average Bonchev–Trinajstić information content (AvgIpc) is 2.90. The van der Waals surface area contributed by atoms with Crippen LogP contribution in [-0.2, 0) is 6.42 Å². The number of imidazole rings is 1. The molecule has 0 bridgehead atoms. The van der Waals surface area contributed by atoms with Gasteiger partial charge in [0.15, 0.2) is 0 Å². The number of nitrogens with zero attached hydrogens (tertiary/aromatic N) is 1. The second-order valence-corrected chi connectivity index (χ2v) is 6.29. The zero-order chi connectivity index (χ0) is 16.3. The van der Waals surface area contributed by atoms with Crippen LogP contribution in [0.3, 0.4) is 0 Å². The summed E-state index contributed by atoms with van der Waals surface area (Å²) in [5.74, 6) is 0.529. The fourth-order valence-electron chi connectivity index (χ4n) is 2.04. The van der Waals surface area contributed by atoms with Gasteiger partial charge in [-0.25, -0.2) is 4.98 Å². The van der Waals surface area contributed by atoms with Crippen molar-refractivity contribution < 1.29 is 9.59 Å². The van der Waals surface area contributed by atoms with Gasteiger partial charge in [0.25, 0.3) is 11.1 Å². The number of rotatable bonds is 5. The van der Waals surface area contributed by atoms with E-state index in [0.717, 1.165) is 17.8 Å². The molecule has 6 nitrogen and oxygen atoms in total. The number of H-pyrrole nitrogens is 1. The SMILES string of the molecule is CCc1nc2c(NC(=O)S)c(C(=O)NC(C)SC)ccc2[nH]1. The van der Waals surface area contributed by atoms with E-state index in [1.54, 1.807) is 12.1 Å². The summed E-state index contributed by atoms with van der Waals surface area (Å²) in [6, 6.07) is 3.45. The van der Waals surface area contributed by atoms with Gasteiger partial charge in [-0.2, -0.15) is 0 Å². The van der Waals surface area contributed by atoms with E-state index in [9.17, 15) is 9.59 Å². The molecule has 0 aliphatic rings. The Morgan fingerprint density at radius 2 is 2.18 bits per heavy atom. The van der Waals surface area contributed by atoms with Crippen molar-refractivity contribution in [3.63, 3.8) is 0 Å². The Bertz CT molecular complexity index is 714. The molecule has 0 aliphatic carbocycles. The minimum Gasteiger partial charge on any atom is -0.342 e. The monoisotopic (exact) mass is 338 g/mol. The molecule has 1 heterocycles. The number of carbonyl (C=O) groups is 2. The Morgan fingerprint density at radius 3 is 2.77 bits per heavy atom. The fraction of sp³-hybridized carbons (Fsp3) is 0.357. The minimum absolute atomic E-state index is 0.0341. The second kappa shape index (κ2) is 7.06. The molecule has 0 fully saturated rings. The van der Waals surface area contributed by atoms with Crippen LogP contribution in [0.4, 0.5) is 10.5 Å². The van der Waals surface area contributed by atoms with Crippen LogP contribution in [0.5, 0.6) is 0 Å². The van der Waals surface area contributed by atoms with Crippen LogP contribution in [-0.4, -0.2) is 32.7 Å². The summed E-state index contributed by atoms with van der Waals surface area (Å²) in [4.78, 5) is 31.4. The Labute approximate surface area is 138 Å². The lowest BCUT2D eigenvalue weighted by Gasteiger charge is -2.14. The summed E-state index contributed by atoms with van der Waals surface area (Å²) >= 11 is 5.27. The highest BCUT2D eigenvalue weighted by atomic mass is 32.2. The highest BCUT2D eigenvalue weighted by Crippen LogP contribution is 2.27. The molecule has 3 N–H and O–H groups in total. The van der Waals surface area contributed by atoms with Gasteiger partial charge in [0, 0.05) is 6.42 Å². The third kappa shape index (κ3) is 3.56. The number of hydrogen-bond acceptors (Lipinski definition) is 4. The van der Waals surface area contributed by atoms with Crippen molar-refractivity contribution in [3.05, 3.63) is 23.5 Å². The Balaban J connectivity index is 2.52. The number of carbonyl (C=O) groups excluding carboxylic acids is 2. The molecule has 1 aromatic carbocycles. The van der Waals surface area contributed by atoms with Gasteiger partial charge < -0.3 is 15.6 Å². The van der Waals surface area contributed by atoms with Crippen LogP contribution in [0.2, 0.25) is 0 Å². The van der Waals surface area contributed by atoms with E-state index in [4.69, 9.17) is 0 Å². The maximum Gasteiger partial charge on any atom is 0.280 e. The van der Waals surface area contributed by atoms with Crippen molar-refractivity contribution >= 4 is 52.3 Å². The summed E-state index contributed by atoms with van der Waals surface area (Å²) < 4.78 is 0. The van der Waals surface area contributed by atoms with Crippen LogP contribution in [0.15, 0.2) is 12.1 Å². The zero-order valence-electron chi connectivity index (χ0n) is 12.6. The van der Waals surface area contributed by atoms with E-state index >= 15 is 0 Å². The zero-order valence-corrected chi connectivity index (χ0v) is 14.3. The second-order valence-electron chi connectivity index (χ2n) is 4.70. The Kier molecular flexibility index (Phi) is 5.36. The third-order valence-corrected chi connectivity index (χ3v) is 4.14. The normalized spacial score (nSPS) is 12.2. The molecule has 1 unspecified atom stereocenters. The van der Waals surface area contributed by atoms with Crippen LogP contribution in [0, 0.1) is 0 Å². The molecule has 1 atom stereocenters. The molecular weight excluding hydrogens is 320 g/mol. The highest BCUT2D eigenvalue weighted by Gasteiger charge is 2.19. The molecular formula is C14H18N4O2S2. The van der Waals surface area contributed by atoms with E-state index in [0.29, 0.717) is 16.8 Å². The lowest BCUT2D eigenvalue weighted by molar-refractivity contribution is 0.0953. The van der Waals surface area contributed by atoms with Crippen LogP contribution in [0.1, 0.15) is 30.0 Å². The molecule has 0 aliphatic heterocycles. The summed E-state index contributed by atoms with van der Waals surface area (Å²) in [6.07, 6.45) is 2.64. The first-order valence-electron chi connectivity index (χ1n) is 6.81. The van der Waals surface area contributed by atoms with Gasteiger partial charge in [-0.05, 0) is 25.3 Å². The van der Waals surface area contributed by atoms with Gasteiger partial charge in [-0.3, -0.25) is 9.59 Å². The number of aryl methyl sites for hydroxylation is 1. The highest BCUT2D eigenvalue weighted by molar-refractivity contribution is 7.99. The first-order valence-corrected chi connectivity index (χ1v) is 8.55. The number of thioether (sulfide) groups is 1. The lowest BCUT2D eigenvalue weighted by atomic mass is 10.1. The van der Waals surface area contributed by atoms with E-state index in [1.807, 2.05) is 20.1 Å². The smallest absolute Gasteiger partial charge is 0.280 e. The maximum absolute atomic E-state index is 12.4. The standard InChI is InChI=1S/C14H18N4O2S2/c1-4-10-16-9-6-5-8(13(19)15-7(2)22-3)11(12(9)17-10)18-14(20)21/h5-7H,4H2,1-3H3,(H,15,19)(H,16,17)(H2,18,20,21). The van der Waals surface area contributed by atoms with Crippen LogP contribution >= 0.6 is 24.4 Å². The molecule has 2 aromatic rings. The van der Waals surface area contributed by atoms with Crippen molar-refractivity contribution in [2.24, 2.45) is 0 Å². The minimum atomic E-state index is -0.541. The largest absolute Gasteiger partial charge is 0.342 e. The van der Waals surface area contributed by atoms with E-state index in [2.05, 4.69) is 33.2 Å². The number of aromatic nitrogens is 2. The van der Waals surface area contributed by atoms with Gasteiger partial charge in [0.05, 0.1) is 22.1 Å². The van der Waals surface area contributed by atoms with Crippen molar-refractivity contribution in [1.82, 2.24) is 15.3 Å². The molecule has 1 aromatic heterocycles. The van der Waals surface area contributed by atoms with Crippen molar-refractivity contribution in [2.45, 2.75) is 25.6 Å². The first-order chi connectivity index (χ1) is 10.5. The summed E-state index contributed by atoms with van der Waals surface area (Å²) in [5.41, 5.74) is 2.07. The Hall–Kier alpha value is -1.67. The predicted octanol–water partition coefficient (Wildman–Crippen LogP) is 3.03. The summed E-state index contributed by atoms with van der Waals surface area (Å²) in [5, 5.41) is 4.88. The van der Waals surface area contributed by atoms with E-state index in [-0.39, 0.29) is 11.3 Å². The molecule has 8 heteroatoms. The number of fused-ring (bicyclic) bond motifs is 1. The molecule has 2 rings (SSSR count). The molecule has 2 amide bonds. The molecule has 118 valence electrons. The molecule has 0 saturated heterocycles. The van der Waals surface area contributed by atoms with Crippen molar-refractivity contribution in [2.75, 3.05) is 11.6 Å². The van der Waals surface area contributed by atoms with Gasteiger partial charge in [-0.15, -0.1) is 11.8 Å². The van der Waals surface area contributed by atoms with Crippen molar-refractivity contribution in [1.29, 1.82) is 0 Å². The number of nitrogens with one attached hydrogen (secondary N) is 3. The summed E-state index contributed by atoms with van der Waals surface area (Å²) in [7, 11) is 0. The fourth-order valence-corrected chi connectivity index (χ4v) is 2.37. The van der Waals surface area contributed by atoms with Gasteiger partial charge in [0.1, 0.15) is 11.3 Å². The summed E-state index contributed by atoms with van der Waals surface area (Å²) in [6.45, 7) is 3.87. The number of thiol groups is 1. The topological polar surface area (TPSA) is 86.9 Å². The Morgan fingerprint density at radius 1 is 1.45 bits per heavy atom. The maximum atomic E-state index is 12.4.